The summed E-state index contributed by atoms with van der Waals surface area (Å²) in [4.78, 5) is 29.8. The zero-order valence-corrected chi connectivity index (χ0v) is 60.9. The lowest BCUT2D eigenvalue weighted by molar-refractivity contribution is 1.18. The number of rotatable bonds is 12. The molecule has 0 amide bonds. The first-order valence-electron chi connectivity index (χ1n) is 37.9. The van der Waals surface area contributed by atoms with Gasteiger partial charge in [0.25, 0.3) is 0 Å². The molecule has 0 saturated carbocycles. The molecule has 0 bridgehead atoms. The van der Waals surface area contributed by atoms with Crippen molar-refractivity contribution in [3.63, 3.8) is 0 Å². The number of hydrogen-bond acceptors (Lipinski definition) is 6. The van der Waals surface area contributed by atoms with Gasteiger partial charge >= 0.3 is 0 Å². The Bertz CT molecular complexity index is 7110. The summed E-state index contributed by atoms with van der Waals surface area (Å²) in [5, 5.41) is 17.1. The molecule has 4 aromatic heterocycles. The van der Waals surface area contributed by atoms with Crippen LogP contribution in [0.2, 0.25) is 0 Å². The standard InChI is InChI=1S/C55H35N3.C51H33N3/c1-2-10-43-31-44(30-19-36(43)9-1)37-17-28-42(29-18-37)55-57-53(33-54(58-55)41-26-22-39(23-27-41)52-35-56-34-46-12-4-6-14-48(46)52)40-24-20-38(21-25-40)51-32-45-11-3-5-13-47(45)49-15-7-8-16-50(49)51;1-2-10-34(11-3-1)35-18-28-40(29-19-35)51-53-49(31-50(54-51)39-26-22-37(23-27-39)48-33-52-32-42-13-5-7-15-44(42)48)38-24-20-36(21-25-38)47-30-41-12-4-6-14-43(41)45-16-8-9-17-46(45)47/h1-35H;1-33H. The van der Waals surface area contributed by atoms with E-state index in [9.17, 15) is 0 Å². The number of fused-ring (bicyclic) bond motifs is 9. The lowest BCUT2D eigenvalue weighted by Crippen LogP contribution is -1.96. The fourth-order valence-corrected chi connectivity index (χ4v) is 15.9. The Hall–Kier alpha value is -15.0. The highest BCUT2D eigenvalue weighted by Crippen LogP contribution is 2.41. The fourth-order valence-electron chi connectivity index (χ4n) is 15.9. The molecule has 6 nitrogen and oxygen atoms in total. The van der Waals surface area contributed by atoms with Crippen LogP contribution in [0.15, 0.2) is 413 Å². The number of aromatic nitrogens is 6. The molecule has 0 aliphatic heterocycles. The maximum Gasteiger partial charge on any atom is 0.160 e. The molecule has 17 aromatic carbocycles. The first kappa shape index (κ1) is 66.5. The summed E-state index contributed by atoms with van der Waals surface area (Å²) in [6.07, 6.45) is 7.73. The van der Waals surface area contributed by atoms with E-state index in [2.05, 4.69) is 392 Å². The third-order valence-corrected chi connectivity index (χ3v) is 21.8. The molecule has 6 heteroatoms. The van der Waals surface area contributed by atoms with Crippen LogP contribution in [0.5, 0.6) is 0 Å². The number of hydrogen-bond donors (Lipinski definition) is 0. The number of benzene rings is 17. The summed E-state index contributed by atoms with van der Waals surface area (Å²) in [5.41, 5.74) is 23.4. The van der Waals surface area contributed by atoms with E-state index in [0.717, 1.165) is 100 Å². The van der Waals surface area contributed by atoms with E-state index in [1.807, 2.05) is 30.9 Å². The van der Waals surface area contributed by atoms with E-state index < -0.39 is 0 Å². The largest absolute Gasteiger partial charge is 0.263 e. The molecule has 522 valence electrons. The van der Waals surface area contributed by atoms with Crippen LogP contribution in [-0.4, -0.2) is 29.9 Å². The molecule has 112 heavy (non-hydrogen) atoms. The normalized spacial score (nSPS) is 11.4. The second-order valence-corrected chi connectivity index (χ2v) is 28.5. The Labute approximate surface area is 648 Å². The van der Waals surface area contributed by atoms with Crippen LogP contribution in [0.3, 0.4) is 0 Å². The molecule has 0 radical (unpaired) electrons. The summed E-state index contributed by atoms with van der Waals surface area (Å²) >= 11 is 0. The van der Waals surface area contributed by atoms with Crippen molar-refractivity contribution in [3.05, 3.63) is 413 Å². The third kappa shape index (κ3) is 12.9. The first-order valence-corrected chi connectivity index (χ1v) is 37.9. The van der Waals surface area contributed by atoms with Crippen LogP contribution >= 0.6 is 0 Å². The van der Waals surface area contributed by atoms with Gasteiger partial charge in [0, 0.05) is 80.1 Å². The van der Waals surface area contributed by atoms with Crippen molar-refractivity contribution in [2.75, 3.05) is 0 Å². The van der Waals surface area contributed by atoms with Crippen LogP contribution in [0.4, 0.5) is 0 Å². The lowest BCUT2D eigenvalue weighted by atomic mass is 9.92. The van der Waals surface area contributed by atoms with E-state index in [1.165, 1.54) is 98.0 Å². The van der Waals surface area contributed by atoms with Crippen molar-refractivity contribution in [1.29, 1.82) is 0 Å². The van der Waals surface area contributed by atoms with Gasteiger partial charge in [-0.05, 0) is 151 Å². The molecule has 0 aliphatic rings. The fraction of sp³-hybridized carbons (Fsp3) is 0. The third-order valence-electron chi connectivity index (χ3n) is 21.8. The van der Waals surface area contributed by atoms with E-state index >= 15 is 0 Å². The van der Waals surface area contributed by atoms with E-state index in [0.29, 0.717) is 11.6 Å². The zero-order valence-electron chi connectivity index (χ0n) is 60.9. The van der Waals surface area contributed by atoms with Gasteiger partial charge in [-0.1, -0.05) is 358 Å². The van der Waals surface area contributed by atoms with Gasteiger partial charge in [-0.3, -0.25) is 9.97 Å². The minimum absolute atomic E-state index is 0.685. The molecule has 21 rings (SSSR count). The van der Waals surface area contributed by atoms with Gasteiger partial charge in [-0.2, -0.15) is 0 Å². The smallest absolute Gasteiger partial charge is 0.160 e. The van der Waals surface area contributed by atoms with Crippen LogP contribution in [0.1, 0.15) is 0 Å². The molecular formula is C106H68N6. The van der Waals surface area contributed by atoms with Gasteiger partial charge in [0.2, 0.25) is 0 Å². The first-order chi connectivity index (χ1) is 55.5. The Balaban J connectivity index is 0.000000146. The summed E-state index contributed by atoms with van der Waals surface area (Å²) in [6, 6.07) is 138. The molecule has 4 heterocycles. The molecule has 0 unspecified atom stereocenters. The maximum atomic E-state index is 5.22. The average molecular weight is 1430 g/mol. The van der Waals surface area contributed by atoms with Gasteiger partial charge in [-0.25, -0.2) is 19.9 Å². The molecule has 0 spiro atoms. The zero-order chi connectivity index (χ0) is 74.3. The predicted octanol–water partition coefficient (Wildman–Crippen LogP) is 27.8. The summed E-state index contributed by atoms with van der Waals surface area (Å²) in [6.45, 7) is 0. The Morgan fingerprint density at radius 2 is 0.411 bits per heavy atom. The molecule has 0 aliphatic carbocycles. The monoisotopic (exact) mass is 1420 g/mol. The second-order valence-electron chi connectivity index (χ2n) is 28.5. The molecular weight excluding hydrogens is 1360 g/mol. The predicted molar refractivity (Wildman–Crippen MR) is 467 cm³/mol. The van der Waals surface area contributed by atoms with E-state index in [4.69, 9.17) is 19.9 Å². The van der Waals surface area contributed by atoms with Crippen LogP contribution in [0, 0.1) is 0 Å². The van der Waals surface area contributed by atoms with Crippen molar-refractivity contribution in [1.82, 2.24) is 29.9 Å². The van der Waals surface area contributed by atoms with Gasteiger partial charge < -0.3 is 0 Å². The van der Waals surface area contributed by atoms with Gasteiger partial charge in [0.05, 0.1) is 22.8 Å². The van der Waals surface area contributed by atoms with Crippen molar-refractivity contribution >= 4 is 75.4 Å². The molecule has 0 fully saturated rings. The number of pyridine rings is 2. The maximum absolute atomic E-state index is 5.22. The average Bonchev–Trinajstić information content (AvgIpc) is 0.765. The van der Waals surface area contributed by atoms with Gasteiger partial charge in [-0.15, -0.1) is 0 Å². The van der Waals surface area contributed by atoms with Crippen molar-refractivity contribution in [2.24, 2.45) is 0 Å². The number of nitrogens with zero attached hydrogens (tertiary/aromatic N) is 6. The molecule has 0 atom stereocenters. The van der Waals surface area contributed by atoms with E-state index in [1.54, 1.807) is 0 Å². The topological polar surface area (TPSA) is 77.3 Å². The van der Waals surface area contributed by atoms with Crippen LogP contribution in [-0.2, 0) is 0 Å². The van der Waals surface area contributed by atoms with Gasteiger partial charge in [0.15, 0.2) is 11.6 Å². The Kier molecular flexibility index (Phi) is 17.2. The highest BCUT2D eigenvalue weighted by atomic mass is 14.9. The second kappa shape index (κ2) is 29.0. The summed E-state index contributed by atoms with van der Waals surface area (Å²) in [7, 11) is 0. The molecule has 0 N–H and O–H groups in total. The van der Waals surface area contributed by atoms with Crippen molar-refractivity contribution < 1.29 is 0 Å². The van der Waals surface area contributed by atoms with Crippen LogP contribution < -0.4 is 0 Å². The van der Waals surface area contributed by atoms with Gasteiger partial charge in [0.1, 0.15) is 0 Å². The minimum Gasteiger partial charge on any atom is -0.263 e. The quantitative estimate of drug-likeness (QED) is 0.113. The Morgan fingerprint density at radius 1 is 0.134 bits per heavy atom. The lowest BCUT2D eigenvalue weighted by Gasteiger charge is -2.13. The molecule has 21 aromatic rings. The highest BCUT2D eigenvalue weighted by molar-refractivity contribution is 6.15. The van der Waals surface area contributed by atoms with Crippen LogP contribution in [0.25, 0.3) is 210 Å². The SMILES string of the molecule is c1ccc(-c2ccc(-c3nc(-c4ccc(-c5cncc6ccccc56)cc4)cc(-c4ccc(-c5cc6ccccc6c6ccccc56)cc4)n3)cc2)cc1.c1ccc2cc(-c3ccc(-c4nc(-c5ccc(-c6cncc7ccccc67)cc5)cc(-c5ccc(-c6cc7ccccc7c7ccccc67)cc5)n4)cc3)ccc2c1. The minimum atomic E-state index is 0.685. The Morgan fingerprint density at radius 3 is 0.821 bits per heavy atom. The van der Waals surface area contributed by atoms with E-state index in [-0.39, 0.29) is 0 Å². The summed E-state index contributed by atoms with van der Waals surface area (Å²) in [5.74, 6) is 1.37. The van der Waals surface area contributed by atoms with Crippen molar-refractivity contribution in [2.45, 2.75) is 0 Å². The highest BCUT2D eigenvalue weighted by Gasteiger charge is 2.18. The van der Waals surface area contributed by atoms with Crippen molar-refractivity contribution in [3.8, 4) is 135 Å². The molecule has 0 saturated heterocycles. The summed E-state index contributed by atoms with van der Waals surface area (Å²) < 4.78 is 0.